The first kappa shape index (κ1) is 21.2. The van der Waals surface area contributed by atoms with Crippen molar-refractivity contribution in [1.82, 2.24) is 0 Å². The summed E-state index contributed by atoms with van der Waals surface area (Å²) in [6.45, 7) is 4.08. The third-order valence-electron chi connectivity index (χ3n) is 3.82. The lowest BCUT2D eigenvalue weighted by molar-refractivity contribution is 0.102. The molecule has 0 spiro atoms. The van der Waals surface area contributed by atoms with Gasteiger partial charge in [0.2, 0.25) is 0 Å². The molecular formula is C18H37NO3. The molecule has 0 aromatic rings. The molecule has 2 N–H and O–H groups in total. The molecule has 0 aliphatic rings. The summed E-state index contributed by atoms with van der Waals surface area (Å²) in [7, 11) is 0. The fraction of sp³-hybridized carbons (Fsp3) is 0.944. The van der Waals surface area contributed by atoms with Gasteiger partial charge in [0.1, 0.15) is 0 Å². The lowest BCUT2D eigenvalue weighted by atomic mass is 10.1. The van der Waals surface area contributed by atoms with Crippen LogP contribution in [0.3, 0.4) is 0 Å². The van der Waals surface area contributed by atoms with Gasteiger partial charge in [-0.25, -0.2) is 4.79 Å². The molecular weight excluding hydrogens is 278 g/mol. The van der Waals surface area contributed by atoms with Gasteiger partial charge in [-0.3, -0.25) is 0 Å². The molecule has 0 aliphatic heterocycles. The van der Waals surface area contributed by atoms with Crippen LogP contribution in [0.25, 0.3) is 0 Å². The molecule has 0 saturated carbocycles. The van der Waals surface area contributed by atoms with Crippen LogP contribution >= 0.6 is 0 Å². The van der Waals surface area contributed by atoms with E-state index in [9.17, 15) is 4.79 Å². The van der Waals surface area contributed by atoms with E-state index in [1.54, 1.807) is 0 Å². The number of ether oxygens (including phenoxy) is 2. The summed E-state index contributed by atoms with van der Waals surface area (Å²) in [5.41, 5.74) is 4.86. The number of unbranched alkanes of at least 4 members (excludes halogenated alkanes) is 11. The summed E-state index contributed by atoms with van der Waals surface area (Å²) in [4.78, 5) is 10.3. The molecule has 0 fully saturated rings. The highest BCUT2D eigenvalue weighted by Gasteiger charge is 1.95. The van der Waals surface area contributed by atoms with Crippen LogP contribution in [-0.2, 0) is 9.47 Å². The van der Waals surface area contributed by atoms with Crippen molar-refractivity contribution < 1.29 is 14.3 Å². The van der Waals surface area contributed by atoms with Crippen molar-refractivity contribution >= 4 is 6.09 Å². The highest BCUT2D eigenvalue weighted by atomic mass is 16.5. The van der Waals surface area contributed by atoms with Gasteiger partial charge in [-0.2, -0.15) is 0 Å². The van der Waals surface area contributed by atoms with E-state index in [1.165, 1.54) is 70.6 Å². The molecule has 0 bridgehead atoms. The van der Waals surface area contributed by atoms with Crippen molar-refractivity contribution in [3.8, 4) is 0 Å². The number of hydrogen-bond acceptors (Lipinski definition) is 3. The van der Waals surface area contributed by atoms with Gasteiger partial charge in [0.15, 0.2) is 0 Å². The molecule has 0 aromatic heterocycles. The number of rotatable bonds is 17. The summed E-state index contributed by atoms with van der Waals surface area (Å²) >= 11 is 0. The van der Waals surface area contributed by atoms with Crippen LogP contribution in [0.2, 0.25) is 0 Å². The fourth-order valence-corrected chi connectivity index (χ4v) is 2.48. The van der Waals surface area contributed by atoms with E-state index in [0.29, 0.717) is 13.2 Å². The third-order valence-corrected chi connectivity index (χ3v) is 3.82. The first-order valence-electron chi connectivity index (χ1n) is 9.27. The van der Waals surface area contributed by atoms with E-state index in [0.717, 1.165) is 19.4 Å². The summed E-state index contributed by atoms with van der Waals surface area (Å²) in [6.07, 6.45) is 16.3. The molecule has 4 nitrogen and oxygen atoms in total. The molecule has 0 unspecified atom stereocenters. The summed E-state index contributed by atoms with van der Waals surface area (Å²) in [5, 5.41) is 0. The van der Waals surface area contributed by atoms with Gasteiger partial charge >= 0.3 is 6.09 Å². The molecule has 4 heteroatoms. The Labute approximate surface area is 137 Å². The van der Waals surface area contributed by atoms with E-state index in [4.69, 9.17) is 10.5 Å². The summed E-state index contributed by atoms with van der Waals surface area (Å²) < 4.78 is 10.1. The zero-order valence-corrected chi connectivity index (χ0v) is 14.6. The Morgan fingerprint density at radius 1 is 0.682 bits per heavy atom. The molecule has 132 valence electrons. The van der Waals surface area contributed by atoms with Gasteiger partial charge in [0.05, 0.1) is 6.61 Å². The lowest BCUT2D eigenvalue weighted by Gasteiger charge is -2.05. The van der Waals surface area contributed by atoms with Gasteiger partial charge in [-0.1, -0.05) is 77.6 Å². The molecule has 1 amide bonds. The van der Waals surface area contributed by atoms with Crippen molar-refractivity contribution in [3.05, 3.63) is 0 Å². The van der Waals surface area contributed by atoms with E-state index in [-0.39, 0.29) is 0 Å². The second kappa shape index (κ2) is 18.3. The van der Waals surface area contributed by atoms with E-state index < -0.39 is 6.09 Å². The SMILES string of the molecule is CCCCCCCCCCCCCCOCCCOC(N)=O. The Hall–Kier alpha value is -0.770. The van der Waals surface area contributed by atoms with Crippen molar-refractivity contribution in [2.75, 3.05) is 19.8 Å². The van der Waals surface area contributed by atoms with Crippen LogP contribution in [0.15, 0.2) is 0 Å². The monoisotopic (exact) mass is 315 g/mol. The van der Waals surface area contributed by atoms with Gasteiger partial charge in [0.25, 0.3) is 0 Å². The number of carbonyl (C=O) groups excluding carboxylic acids is 1. The molecule has 22 heavy (non-hydrogen) atoms. The normalized spacial score (nSPS) is 10.8. The number of nitrogens with two attached hydrogens (primary N) is 1. The number of hydrogen-bond donors (Lipinski definition) is 1. The predicted octanol–water partition coefficient (Wildman–Crippen LogP) is 5.19. The Kier molecular flexibility index (Phi) is 17.6. The van der Waals surface area contributed by atoms with E-state index in [1.807, 2.05) is 0 Å². The Morgan fingerprint density at radius 3 is 1.64 bits per heavy atom. The largest absolute Gasteiger partial charge is 0.450 e. The van der Waals surface area contributed by atoms with E-state index in [2.05, 4.69) is 11.7 Å². The molecule has 0 saturated heterocycles. The second-order valence-corrected chi connectivity index (χ2v) is 6.02. The van der Waals surface area contributed by atoms with Crippen molar-refractivity contribution in [2.45, 2.75) is 90.4 Å². The minimum atomic E-state index is -0.707. The number of primary amides is 1. The van der Waals surface area contributed by atoms with Crippen LogP contribution in [0.5, 0.6) is 0 Å². The Bertz CT molecular complexity index is 234. The van der Waals surface area contributed by atoms with Crippen LogP contribution in [0.1, 0.15) is 90.4 Å². The highest BCUT2D eigenvalue weighted by Crippen LogP contribution is 2.11. The minimum Gasteiger partial charge on any atom is -0.450 e. The molecule has 0 aromatic carbocycles. The van der Waals surface area contributed by atoms with Gasteiger partial charge in [-0.05, 0) is 6.42 Å². The van der Waals surface area contributed by atoms with Gasteiger partial charge in [-0.15, -0.1) is 0 Å². The van der Waals surface area contributed by atoms with Crippen molar-refractivity contribution in [2.24, 2.45) is 5.73 Å². The van der Waals surface area contributed by atoms with Crippen LogP contribution in [0.4, 0.5) is 4.79 Å². The zero-order chi connectivity index (χ0) is 16.3. The van der Waals surface area contributed by atoms with Crippen LogP contribution in [0, 0.1) is 0 Å². The average molecular weight is 315 g/mol. The number of carbonyl (C=O) groups is 1. The number of amides is 1. The minimum absolute atomic E-state index is 0.355. The van der Waals surface area contributed by atoms with Gasteiger partial charge < -0.3 is 15.2 Å². The quantitative estimate of drug-likeness (QED) is 0.376. The topological polar surface area (TPSA) is 61.6 Å². The second-order valence-electron chi connectivity index (χ2n) is 6.02. The Balaban J connectivity index is 2.95. The average Bonchev–Trinajstić information content (AvgIpc) is 2.50. The molecule has 0 heterocycles. The van der Waals surface area contributed by atoms with Crippen LogP contribution < -0.4 is 5.73 Å². The maximum atomic E-state index is 10.3. The molecule has 0 aliphatic carbocycles. The maximum absolute atomic E-state index is 10.3. The smallest absolute Gasteiger partial charge is 0.404 e. The Morgan fingerprint density at radius 2 is 1.14 bits per heavy atom. The third kappa shape index (κ3) is 19.2. The molecule has 0 rings (SSSR count). The van der Waals surface area contributed by atoms with Crippen molar-refractivity contribution in [1.29, 1.82) is 0 Å². The first-order valence-corrected chi connectivity index (χ1v) is 9.27. The zero-order valence-electron chi connectivity index (χ0n) is 14.6. The standard InChI is InChI=1S/C18H37NO3/c1-2-3-4-5-6-7-8-9-10-11-12-13-15-21-16-14-17-22-18(19)20/h2-17H2,1H3,(H2,19,20). The summed E-state index contributed by atoms with van der Waals surface area (Å²) in [6, 6.07) is 0. The lowest BCUT2D eigenvalue weighted by Crippen LogP contribution is -2.14. The maximum Gasteiger partial charge on any atom is 0.404 e. The molecule has 0 atom stereocenters. The fourth-order valence-electron chi connectivity index (χ4n) is 2.48. The first-order chi connectivity index (χ1) is 10.8. The van der Waals surface area contributed by atoms with Gasteiger partial charge in [0, 0.05) is 19.6 Å². The van der Waals surface area contributed by atoms with E-state index >= 15 is 0 Å². The van der Waals surface area contributed by atoms with Crippen LogP contribution in [-0.4, -0.2) is 25.9 Å². The summed E-state index contributed by atoms with van der Waals surface area (Å²) in [5.74, 6) is 0. The molecule has 0 radical (unpaired) electrons. The van der Waals surface area contributed by atoms with Crippen molar-refractivity contribution in [3.63, 3.8) is 0 Å². The predicted molar refractivity (Wildman–Crippen MR) is 92.0 cm³/mol. The highest BCUT2D eigenvalue weighted by molar-refractivity contribution is 5.64.